The number of nitriles is 1. The molecule has 0 atom stereocenters. The molecule has 1 fully saturated rings. The number of carbonyl (C=O) groups is 1. The van der Waals surface area contributed by atoms with Gasteiger partial charge in [0.1, 0.15) is 11.8 Å². The molecule has 1 aliphatic rings. The predicted molar refractivity (Wildman–Crippen MR) is 133 cm³/mol. The number of rotatable bonds is 7. The van der Waals surface area contributed by atoms with E-state index < -0.39 is 10.0 Å². The van der Waals surface area contributed by atoms with Crippen LogP contribution in [0.25, 0.3) is 10.8 Å². The number of ether oxygens (including phenoxy) is 1. The van der Waals surface area contributed by atoms with Crippen molar-refractivity contribution < 1.29 is 17.9 Å². The first-order valence-electron chi connectivity index (χ1n) is 11.3. The van der Waals surface area contributed by atoms with Gasteiger partial charge < -0.3 is 9.64 Å². The van der Waals surface area contributed by atoms with E-state index in [4.69, 9.17) is 4.74 Å². The average Bonchev–Trinajstić information content (AvgIpc) is 2.88. The molecule has 0 saturated carbocycles. The fourth-order valence-electron chi connectivity index (χ4n) is 4.30. The zero-order valence-electron chi connectivity index (χ0n) is 19.8. The molecule has 1 heterocycles. The largest absolute Gasteiger partial charge is 0.497 e. The maximum atomic E-state index is 13.0. The Morgan fingerprint density at radius 3 is 2.43 bits per heavy atom. The smallest absolute Gasteiger partial charge is 0.244 e. The van der Waals surface area contributed by atoms with Crippen molar-refractivity contribution in [2.75, 3.05) is 46.9 Å². The van der Waals surface area contributed by atoms with Crippen LogP contribution in [-0.4, -0.2) is 75.3 Å². The van der Waals surface area contributed by atoms with Crippen LogP contribution in [0, 0.1) is 11.3 Å². The Morgan fingerprint density at radius 1 is 1.03 bits per heavy atom. The zero-order valence-corrected chi connectivity index (χ0v) is 20.7. The first kappa shape index (κ1) is 24.7. The summed E-state index contributed by atoms with van der Waals surface area (Å²) < 4.78 is 32.6. The number of hydrogen-bond donors (Lipinski definition) is 0. The molecule has 4 rings (SSSR count). The second-order valence-corrected chi connectivity index (χ2v) is 10.5. The lowest BCUT2D eigenvalue weighted by Gasteiger charge is -2.35. The Morgan fingerprint density at radius 2 is 1.71 bits per heavy atom. The lowest BCUT2D eigenvalue weighted by atomic mass is 10.1. The van der Waals surface area contributed by atoms with Gasteiger partial charge in [-0.2, -0.15) is 9.57 Å². The minimum absolute atomic E-state index is 0.0100. The van der Waals surface area contributed by atoms with Gasteiger partial charge >= 0.3 is 0 Å². The van der Waals surface area contributed by atoms with Gasteiger partial charge in [0.05, 0.1) is 24.1 Å². The topological polar surface area (TPSA) is 93.9 Å². The second-order valence-electron chi connectivity index (χ2n) is 8.61. The van der Waals surface area contributed by atoms with Gasteiger partial charge in [0.2, 0.25) is 15.9 Å². The molecule has 1 aliphatic heterocycles. The van der Waals surface area contributed by atoms with Crippen molar-refractivity contribution in [3.05, 3.63) is 71.8 Å². The highest BCUT2D eigenvalue weighted by molar-refractivity contribution is 7.89. The quantitative estimate of drug-likeness (QED) is 0.503. The van der Waals surface area contributed by atoms with Gasteiger partial charge in [-0.3, -0.25) is 9.69 Å². The molecule has 0 aliphatic carbocycles. The Balaban J connectivity index is 1.33. The minimum atomic E-state index is -3.79. The van der Waals surface area contributed by atoms with Crippen LogP contribution in [-0.2, 0) is 21.4 Å². The predicted octanol–water partition coefficient (Wildman–Crippen LogP) is 2.68. The van der Waals surface area contributed by atoms with Crippen LogP contribution in [0.1, 0.15) is 11.1 Å². The van der Waals surface area contributed by atoms with E-state index in [9.17, 15) is 18.5 Å². The van der Waals surface area contributed by atoms with E-state index in [2.05, 4.69) is 6.07 Å². The fourth-order valence-corrected chi connectivity index (χ4v) is 5.86. The number of sulfonamides is 1. The molecular formula is C26H28N4O4S. The van der Waals surface area contributed by atoms with Crippen molar-refractivity contribution >= 4 is 26.7 Å². The number of benzene rings is 3. The van der Waals surface area contributed by atoms with Crippen molar-refractivity contribution in [1.82, 2.24) is 14.1 Å². The van der Waals surface area contributed by atoms with Gasteiger partial charge in [0.15, 0.2) is 0 Å². The summed E-state index contributed by atoms with van der Waals surface area (Å²) in [4.78, 5) is 16.5. The number of methoxy groups -OCH3 is 1. The third-order valence-corrected chi connectivity index (χ3v) is 8.14. The molecule has 0 spiro atoms. The molecule has 0 bridgehead atoms. The molecule has 3 aromatic carbocycles. The van der Waals surface area contributed by atoms with Crippen molar-refractivity contribution in [1.29, 1.82) is 5.26 Å². The number of piperazine rings is 1. The summed E-state index contributed by atoms with van der Waals surface area (Å²) in [5.74, 6) is 0.780. The van der Waals surface area contributed by atoms with Crippen LogP contribution in [0.5, 0.6) is 5.75 Å². The summed E-state index contributed by atoms with van der Waals surface area (Å²) in [6, 6.07) is 20.3. The van der Waals surface area contributed by atoms with E-state index in [-0.39, 0.29) is 36.0 Å². The summed E-state index contributed by atoms with van der Waals surface area (Å²) in [5, 5.41) is 11.5. The van der Waals surface area contributed by atoms with Crippen LogP contribution in [0.15, 0.2) is 65.6 Å². The number of hydrogen-bond acceptors (Lipinski definition) is 6. The van der Waals surface area contributed by atoms with Crippen molar-refractivity contribution in [2.45, 2.75) is 11.4 Å². The zero-order chi connectivity index (χ0) is 25.0. The van der Waals surface area contributed by atoms with Crippen LogP contribution in [0.3, 0.4) is 0 Å². The standard InChI is InChI=1S/C26H28N4O4S/c1-28(18-20-7-8-22-16-24(34-2)10-9-21(22)15-20)19-26(31)29-11-13-30(14-12-29)35(32,33)25-6-4-3-5-23(25)17-27/h3-10,15-16H,11-14,18-19H2,1-2H3. The number of nitrogens with zero attached hydrogens (tertiary/aromatic N) is 4. The highest BCUT2D eigenvalue weighted by atomic mass is 32.2. The second kappa shape index (κ2) is 10.4. The third kappa shape index (κ3) is 5.46. The van der Waals surface area contributed by atoms with E-state index in [1.165, 1.54) is 16.4 Å². The monoisotopic (exact) mass is 492 g/mol. The lowest BCUT2D eigenvalue weighted by molar-refractivity contribution is -0.133. The van der Waals surface area contributed by atoms with Crippen LogP contribution >= 0.6 is 0 Å². The first-order chi connectivity index (χ1) is 16.8. The molecule has 8 nitrogen and oxygen atoms in total. The number of amides is 1. The minimum Gasteiger partial charge on any atom is -0.497 e. The third-order valence-electron chi connectivity index (χ3n) is 6.19. The summed E-state index contributed by atoms with van der Waals surface area (Å²) in [7, 11) is -0.240. The van der Waals surface area contributed by atoms with Crippen molar-refractivity contribution in [3.63, 3.8) is 0 Å². The summed E-state index contributed by atoms with van der Waals surface area (Å²) in [6.45, 7) is 1.89. The molecule has 3 aromatic rings. The number of carbonyl (C=O) groups excluding carboxylic acids is 1. The normalized spacial score (nSPS) is 14.7. The number of likely N-dealkylation sites (N-methyl/N-ethyl adjacent to an activating group) is 1. The van der Waals surface area contributed by atoms with Gasteiger partial charge in [-0.25, -0.2) is 8.42 Å². The van der Waals surface area contributed by atoms with Crippen molar-refractivity contribution in [3.8, 4) is 11.8 Å². The summed E-state index contributed by atoms with van der Waals surface area (Å²) in [6.07, 6.45) is 0. The molecule has 1 saturated heterocycles. The Kier molecular flexibility index (Phi) is 7.36. The molecule has 1 amide bonds. The van der Waals surface area contributed by atoms with E-state index in [0.29, 0.717) is 19.6 Å². The van der Waals surface area contributed by atoms with E-state index >= 15 is 0 Å². The molecular weight excluding hydrogens is 464 g/mol. The van der Waals surface area contributed by atoms with E-state index in [1.54, 1.807) is 24.1 Å². The number of fused-ring (bicyclic) bond motifs is 1. The van der Waals surface area contributed by atoms with Gasteiger partial charge in [-0.05, 0) is 53.7 Å². The Hall–Kier alpha value is -3.45. The molecule has 0 radical (unpaired) electrons. The lowest BCUT2D eigenvalue weighted by Crippen LogP contribution is -2.52. The van der Waals surface area contributed by atoms with Gasteiger partial charge in [0, 0.05) is 32.7 Å². The Labute approximate surface area is 206 Å². The Bertz CT molecular complexity index is 1380. The van der Waals surface area contributed by atoms with E-state index in [0.717, 1.165) is 22.1 Å². The van der Waals surface area contributed by atoms with E-state index in [1.807, 2.05) is 48.3 Å². The fraction of sp³-hybridized carbons (Fsp3) is 0.308. The van der Waals surface area contributed by atoms with Crippen LogP contribution in [0.4, 0.5) is 0 Å². The molecule has 0 aromatic heterocycles. The van der Waals surface area contributed by atoms with Gasteiger partial charge in [-0.1, -0.05) is 30.3 Å². The molecule has 0 N–H and O–H groups in total. The highest BCUT2D eigenvalue weighted by Crippen LogP contribution is 2.23. The van der Waals surface area contributed by atoms with Crippen LogP contribution < -0.4 is 4.74 Å². The maximum absolute atomic E-state index is 13.0. The SMILES string of the molecule is COc1ccc2cc(CN(C)CC(=O)N3CCN(S(=O)(=O)c4ccccc4C#N)CC3)ccc2c1. The van der Waals surface area contributed by atoms with Crippen molar-refractivity contribution in [2.24, 2.45) is 0 Å². The molecule has 0 unspecified atom stereocenters. The van der Waals surface area contributed by atoms with Crippen LogP contribution in [0.2, 0.25) is 0 Å². The van der Waals surface area contributed by atoms with Gasteiger partial charge in [0.25, 0.3) is 0 Å². The molecule has 9 heteroatoms. The summed E-state index contributed by atoms with van der Waals surface area (Å²) in [5.41, 5.74) is 1.23. The maximum Gasteiger partial charge on any atom is 0.244 e. The molecule has 35 heavy (non-hydrogen) atoms. The summed E-state index contributed by atoms with van der Waals surface area (Å²) >= 11 is 0. The highest BCUT2D eigenvalue weighted by Gasteiger charge is 2.31. The average molecular weight is 493 g/mol. The molecule has 182 valence electrons. The van der Waals surface area contributed by atoms with Gasteiger partial charge in [-0.15, -0.1) is 0 Å². The first-order valence-corrected chi connectivity index (χ1v) is 12.8.